The first-order chi connectivity index (χ1) is 9.34. The van der Waals surface area contributed by atoms with Crippen molar-refractivity contribution < 1.29 is 18.3 Å². The topological polar surface area (TPSA) is 83.5 Å². The Labute approximate surface area is 127 Å². The summed E-state index contributed by atoms with van der Waals surface area (Å²) in [6, 6.07) is 5.80. The fourth-order valence-corrected chi connectivity index (χ4v) is 3.33. The van der Waals surface area contributed by atoms with Crippen molar-refractivity contribution in [3.63, 3.8) is 0 Å². The third kappa shape index (κ3) is 6.02. The number of carbonyl (C=O) groups is 1. The van der Waals surface area contributed by atoms with Gasteiger partial charge in [-0.05, 0) is 24.1 Å². The molecular formula is C13H18BrNO4S. The van der Waals surface area contributed by atoms with Crippen molar-refractivity contribution in [3.8, 4) is 0 Å². The summed E-state index contributed by atoms with van der Waals surface area (Å²) in [7, 11) is -3.67. The highest BCUT2D eigenvalue weighted by molar-refractivity contribution is 9.10. The lowest BCUT2D eigenvalue weighted by atomic mass is 10.1. The molecule has 0 aromatic heterocycles. The number of carboxylic acid groups (broad SMARTS) is 1. The Hall–Kier alpha value is -0.920. The first kappa shape index (κ1) is 17.1. The number of carboxylic acids is 1. The van der Waals surface area contributed by atoms with E-state index in [4.69, 9.17) is 5.11 Å². The summed E-state index contributed by atoms with van der Waals surface area (Å²) in [4.78, 5) is 11.0. The second kappa shape index (κ2) is 7.75. The fourth-order valence-electron chi connectivity index (χ4n) is 1.70. The molecule has 0 aliphatic carbocycles. The minimum absolute atomic E-state index is 0.226. The van der Waals surface area contributed by atoms with E-state index in [-0.39, 0.29) is 5.75 Å². The highest BCUT2D eigenvalue weighted by atomic mass is 79.9. The molecule has 0 spiro atoms. The Morgan fingerprint density at radius 2 is 1.95 bits per heavy atom. The number of unbranched alkanes of at least 4 members (excludes halogenated alkanes) is 1. The molecular weight excluding hydrogens is 346 g/mol. The predicted octanol–water partition coefficient (Wildman–Crippen LogP) is 2.51. The normalized spacial score (nSPS) is 13.1. The first-order valence-electron chi connectivity index (χ1n) is 6.31. The lowest BCUT2D eigenvalue weighted by Gasteiger charge is -2.14. The van der Waals surface area contributed by atoms with Crippen LogP contribution in [0.4, 0.5) is 0 Å². The Balaban J connectivity index is 2.72. The Morgan fingerprint density at radius 3 is 2.45 bits per heavy atom. The lowest BCUT2D eigenvalue weighted by molar-refractivity contribution is -0.139. The molecule has 0 heterocycles. The molecule has 0 fully saturated rings. The van der Waals surface area contributed by atoms with Crippen molar-refractivity contribution in [2.24, 2.45) is 0 Å². The molecule has 0 saturated carbocycles. The number of aliphatic carboxylic acids is 1. The number of sulfonamides is 1. The molecule has 7 heteroatoms. The number of hydrogen-bond acceptors (Lipinski definition) is 3. The molecule has 0 radical (unpaired) electrons. The molecule has 0 aliphatic heterocycles. The van der Waals surface area contributed by atoms with Crippen LogP contribution in [0.1, 0.15) is 31.7 Å². The maximum atomic E-state index is 12.0. The number of halogens is 1. The minimum Gasteiger partial charge on any atom is -0.480 e. The van der Waals surface area contributed by atoms with Gasteiger partial charge in [-0.3, -0.25) is 4.79 Å². The van der Waals surface area contributed by atoms with E-state index in [0.29, 0.717) is 18.4 Å². The van der Waals surface area contributed by atoms with E-state index in [0.717, 1.165) is 10.9 Å². The maximum absolute atomic E-state index is 12.0. The van der Waals surface area contributed by atoms with Crippen LogP contribution in [-0.4, -0.2) is 25.5 Å². The van der Waals surface area contributed by atoms with Crippen molar-refractivity contribution >= 4 is 31.9 Å². The Bertz CT molecular complexity index is 542. The van der Waals surface area contributed by atoms with Crippen LogP contribution in [0, 0.1) is 0 Å². The lowest BCUT2D eigenvalue weighted by Crippen LogP contribution is -2.41. The van der Waals surface area contributed by atoms with E-state index < -0.39 is 22.0 Å². The van der Waals surface area contributed by atoms with Crippen LogP contribution in [0.15, 0.2) is 28.7 Å². The summed E-state index contributed by atoms with van der Waals surface area (Å²) < 4.78 is 27.1. The second-order valence-corrected chi connectivity index (χ2v) is 7.21. The van der Waals surface area contributed by atoms with E-state index in [1.165, 1.54) is 0 Å². The third-order valence-corrected chi connectivity index (χ3v) is 4.62. The SMILES string of the molecule is CCCC[C@H](NS(=O)(=O)Cc1ccc(Br)cc1)C(=O)O. The Kier molecular flexibility index (Phi) is 6.64. The van der Waals surface area contributed by atoms with Crippen LogP contribution in [-0.2, 0) is 20.6 Å². The van der Waals surface area contributed by atoms with Gasteiger partial charge in [0, 0.05) is 4.47 Å². The van der Waals surface area contributed by atoms with Crippen molar-refractivity contribution in [2.45, 2.75) is 38.0 Å². The van der Waals surface area contributed by atoms with Crippen molar-refractivity contribution in [2.75, 3.05) is 0 Å². The van der Waals surface area contributed by atoms with Crippen LogP contribution in [0.2, 0.25) is 0 Å². The molecule has 1 rings (SSSR count). The van der Waals surface area contributed by atoms with Gasteiger partial charge in [0.1, 0.15) is 6.04 Å². The largest absolute Gasteiger partial charge is 0.480 e. The van der Waals surface area contributed by atoms with Crippen LogP contribution < -0.4 is 4.72 Å². The maximum Gasteiger partial charge on any atom is 0.321 e. The molecule has 112 valence electrons. The van der Waals surface area contributed by atoms with Gasteiger partial charge in [0.2, 0.25) is 10.0 Å². The Morgan fingerprint density at radius 1 is 1.35 bits per heavy atom. The number of rotatable bonds is 8. The summed E-state index contributed by atoms with van der Waals surface area (Å²) in [5.74, 6) is -1.37. The average Bonchev–Trinajstić information content (AvgIpc) is 2.36. The average molecular weight is 364 g/mol. The highest BCUT2D eigenvalue weighted by Crippen LogP contribution is 2.13. The number of benzene rings is 1. The van der Waals surface area contributed by atoms with Gasteiger partial charge in [-0.15, -0.1) is 0 Å². The van der Waals surface area contributed by atoms with E-state index in [2.05, 4.69) is 20.7 Å². The summed E-state index contributed by atoms with van der Waals surface area (Å²) in [6.07, 6.45) is 1.78. The monoisotopic (exact) mass is 363 g/mol. The highest BCUT2D eigenvalue weighted by Gasteiger charge is 2.23. The summed E-state index contributed by atoms with van der Waals surface area (Å²) in [5.41, 5.74) is 0.611. The molecule has 20 heavy (non-hydrogen) atoms. The van der Waals surface area contributed by atoms with Gasteiger partial charge in [-0.25, -0.2) is 13.1 Å². The molecule has 1 atom stereocenters. The molecule has 0 aliphatic rings. The van der Waals surface area contributed by atoms with Crippen molar-refractivity contribution in [3.05, 3.63) is 34.3 Å². The standard InChI is InChI=1S/C13H18BrNO4S/c1-2-3-4-12(13(16)17)15-20(18,19)9-10-5-7-11(14)8-6-10/h5-8,12,15H,2-4,9H2,1H3,(H,16,17)/t12-/m0/s1. The van der Waals surface area contributed by atoms with Crippen LogP contribution in [0.3, 0.4) is 0 Å². The molecule has 1 aromatic carbocycles. The molecule has 5 nitrogen and oxygen atoms in total. The van der Waals surface area contributed by atoms with E-state index in [9.17, 15) is 13.2 Å². The van der Waals surface area contributed by atoms with Gasteiger partial charge in [-0.1, -0.05) is 47.8 Å². The van der Waals surface area contributed by atoms with Crippen molar-refractivity contribution in [1.29, 1.82) is 0 Å². The van der Waals surface area contributed by atoms with Gasteiger partial charge in [0.25, 0.3) is 0 Å². The van der Waals surface area contributed by atoms with Gasteiger partial charge < -0.3 is 5.11 Å². The van der Waals surface area contributed by atoms with E-state index in [1.807, 2.05) is 6.92 Å². The second-order valence-electron chi connectivity index (χ2n) is 4.54. The number of nitrogens with one attached hydrogen (secondary N) is 1. The van der Waals surface area contributed by atoms with Crippen LogP contribution in [0.25, 0.3) is 0 Å². The molecule has 0 bridgehead atoms. The molecule has 1 aromatic rings. The zero-order valence-electron chi connectivity index (χ0n) is 11.2. The predicted molar refractivity (Wildman–Crippen MR) is 80.9 cm³/mol. The van der Waals surface area contributed by atoms with Gasteiger partial charge in [0.15, 0.2) is 0 Å². The molecule has 0 saturated heterocycles. The fraction of sp³-hybridized carbons (Fsp3) is 0.462. The van der Waals surface area contributed by atoms with E-state index in [1.54, 1.807) is 24.3 Å². The quantitative estimate of drug-likeness (QED) is 0.743. The van der Waals surface area contributed by atoms with Crippen LogP contribution in [0.5, 0.6) is 0 Å². The van der Waals surface area contributed by atoms with Gasteiger partial charge in [0.05, 0.1) is 5.75 Å². The summed E-state index contributed by atoms with van der Waals surface area (Å²) >= 11 is 3.27. The van der Waals surface area contributed by atoms with Gasteiger partial charge in [-0.2, -0.15) is 0 Å². The summed E-state index contributed by atoms with van der Waals surface area (Å²) in [6.45, 7) is 1.93. The zero-order valence-corrected chi connectivity index (χ0v) is 13.6. The summed E-state index contributed by atoms with van der Waals surface area (Å²) in [5, 5.41) is 9.03. The minimum atomic E-state index is -3.67. The zero-order chi connectivity index (χ0) is 15.2. The van der Waals surface area contributed by atoms with Crippen molar-refractivity contribution in [1.82, 2.24) is 4.72 Å². The van der Waals surface area contributed by atoms with E-state index >= 15 is 0 Å². The van der Waals surface area contributed by atoms with Crippen LogP contribution >= 0.6 is 15.9 Å². The third-order valence-electron chi connectivity index (χ3n) is 2.74. The number of hydrogen-bond donors (Lipinski definition) is 2. The molecule has 0 amide bonds. The molecule has 0 unspecified atom stereocenters. The first-order valence-corrected chi connectivity index (χ1v) is 8.76. The molecule has 2 N–H and O–H groups in total. The smallest absolute Gasteiger partial charge is 0.321 e. The van der Waals surface area contributed by atoms with Gasteiger partial charge >= 0.3 is 5.97 Å².